The average Bonchev–Trinajstić information content (AvgIpc) is 2.93. The summed E-state index contributed by atoms with van der Waals surface area (Å²) in [5.41, 5.74) is 2.17. The van der Waals surface area contributed by atoms with Gasteiger partial charge in [0.1, 0.15) is 19.3 Å². The van der Waals surface area contributed by atoms with Gasteiger partial charge in [0.2, 0.25) is 0 Å². The van der Waals surface area contributed by atoms with Crippen LogP contribution in [0.5, 0.6) is 0 Å². The van der Waals surface area contributed by atoms with Crippen molar-refractivity contribution in [3.05, 3.63) is 47.6 Å². The molecule has 2 aliphatic rings. The van der Waals surface area contributed by atoms with Crippen LogP contribution in [-0.4, -0.2) is 48.9 Å². The predicted octanol–water partition coefficient (Wildman–Crippen LogP) is 2.17. The van der Waals surface area contributed by atoms with E-state index < -0.39 is 18.5 Å². The molecule has 0 saturated carbocycles. The van der Waals surface area contributed by atoms with Crippen molar-refractivity contribution in [2.24, 2.45) is 5.92 Å². The standard InChI is InChI=1S/C21H26O7/c1-13(10-22)20(24)27-11-16-5-4-6-17(12-26-15(3)23)9-19-18(8-7-16)14(2)21(25)28-19/h6-7,18-19,22H,1-2,4-5,8-12H2,3H3/b16-7-,17-6+/t18-,19+/m1/s1. The third kappa shape index (κ3) is 5.92. The Morgan fingerprint density at radius 2 is 1.96 bits per heavy atom. The van der Waals surface area contributed by atoms with Crippen LogP contribution < -0.4 is 0 Å². The number of ether oxygens (including phenoxy) is 3. The lowest BCUT2D eigenvalue weighted by Crippen LogP contribution is -2.20. The first kappa shape index (κ1) is 21.6. The van der Waals surface area contributed by atoms with Crippen LogP contribution in [0.1, 0.15) is 32.6 Å². The quantitative estimate of drug-likeness (QED) is 0.321. The summed E-state index contributed by atoms with van der Waals surface area (Å²) in [7, 11) is 0. The number of rotatable bonds is 6. The van der Waals surface area contributed by atoms with E-state index in [4.69, 9.17) is 19.3 Å². The van der Waals surface area contributed by atoms with Crippen molar-refractivity contribution in [1.29, 1.82) is 0 Å². The number of esters is 3. The number of fused-ring (bicyclic) bond motifs is 1. The van der Waals surface area contributed by atoms with Crippen LogP contribution >= 0.6 is 0 Å². The highest BCUT2D eigenvalue weighted by atomic mass is 16.6. The molecule has 0 unspecified atom stereocenters. The number of hydrogen-bond acceptors (Lipinski definition) is 7. The molecule has 2 atom stereocenters. The van der Waals surface area contributed by atoms with Crippen molar-refractivity contribution in [3.63, 3.8) is 0 Å². The maximum Gasteiger partial charge on any atom is 0.336 e. The van der Waals surface area contributed by atoms with E-state index in [2.05, 4.69) is 13.2 Å². The highest BCUT2D eigenvalue weighted by molar-refractivity contribution is 5.91. The lowest BCUT2D eigenvalue weighted by atomic mass is 9.87. The van der Waals surface area contributed by atoms with Crippen LogP contribution in [0.2, 0.25) is 0 Å². The van der Waals surface area contributed by atoms with Gasteiger partial charge in [-0.15, -0.1) is 0 Å². The molecule has 0 aromatic carbocycles. The Kier molecular flexibility index (Phi) is 7.75. The first-order valence-corrected chi connectivity index (χ1v) is 9.16. The van der Waals surface area contributed by atoms with Gasteiger partial charge in [-0.1, -0.05) is 25.3 Å². The predicted molar refractivity (Wildman–Crippen MR) is 101 cm³/mol. The molecular weight excluding hydrogens is 364 g/mol. The maximum absolute atomic E-state index is 12.0. The van der Waals surface area contributed by atoms with E-state index in [9.17, 15) is 14.4 Å². The molecule has 152 valence electrons. The Balaban J connectivity index is 2.14. The van der Waals surface area contributed by atoms with Gasteiger partial charge in [-0.3, -0.25) is 4.79 Å². The number of aliphatic hydroxyl groups excluding tert-OH is 1. The molecule has 1 aliphatic heterocycles. The van der Waals surface area contributed by atoms with Gasteiger partial charge >= 0.3 is 17.9 Å². The first-order valence-electron chi connectivity index (χ1n) is 9.16. The summed E-state index contributed by atoms with van der Waals surface area (Å²) in [4.78, 5) is 34.8. The van der Waals surface area contributed by atoms with Crippen molar-refractivity contribution in [2.75, 3.05) is 19.8 Å². The molecule has 1 aliphatic carbocycles. The third-order valence-corrected chi connectivity index (χ3v) is 4.77. The van der Waals surface area contributed by atoms with Crippen LogP contribution in [0.3, 0.4) is 0 Å². The van der Waals surface area contributed by atoms with E-state index in [1.807, 2.05) is 12.2 Å². The summed E-state index contributed by atoms with van der Waals surface area (Å²) in [6.07, 6.45) is 5.86. The van der Waals surface area contributed by atoms with E-state index in [0.29, 0.717) is 31.3 Å². The van der Waals surface area contributed by atoms with Crippen molar-refractivity contribution < 1.29 is 33.7 Å². The van der Waals surface area contributed by atoms with Crippen LogP contribution in [0.4, 0.5) is 0 Å². The van der Waals surface area contributed by atoms with Gasteiger partial charge in [-0.25, -0.2) is 9.59 Å². The molecule has 28 heavy (non-hydrogen) atoms. The summed E-state index contributed by atoms with van der Waals surface area (Å²) in [6, 6.07) is 0. The fraction of sp³-hybridized carbons (Fsp3) is 0.476. The Bertz CT molecular complexity index is 729. The molecule has 7 heteroatoms. The Morgan fingerprint density at radius 1 is 1.25 bits per heavy atom. The molecule has 0 aromatic rings. The second-order valence-electron chi connectivity index (χ2n) is 6.90. The highest BCUT2D eigenvalue weighted by Gasteiger charge is 2.38. The first-order chi connectivity index (χ1) is 13.3. The van der Waals surface area contributed by atoms with Crippen LogP contribution in [-0.2, 0) is 28.6 Å². The Hall–Kier alpha value is -2.67. The minimum Gasteiger partial charge on any atom is -0.461 e. The molecular formula is C21H26O7. The second-order valence-corrected chi connectivity index (χ2v) is 6.90. The molecule has 0 aromatic heterocycles. The normalized spacial score (nSPS) is 26.1. The number of hydrogen-bond donors (Lipinski definition) is 1. The van der Waals surface area contributed by atoms with Crippen LogP contribution in [0.15, 0.2) is 47.6 Å². The van der Waals surface area contributed by atoms with Crippen LogP contribution in [0, 0.1) is 5.92 Å². The number of allylic oxidation sites excluding steroid dienone is 2. The minimum absolute atomic E-state index is 0.00717. The number of aliphatic hydroxyl groups is 1. The number of carbonyl (C=O) groups is 3. The van der Waals surface area contributed by atoms with E-state index in [1.165, 1.54) is 6.92 Å². The van der Waals surface area contributed by atoms with Gasteiger partial charge in [0, 0.05) is 24.8 Å². The maximum atomic E-state index is 12.0. The van der Waals surface area contributed by atoms with E-state index in [1.54, 1.807) is 0 Å². The highest BCUT2D eigenvalue weighted by Crippen LogP contribution is 2.35. The zero-order chi connectivity index (χ0) is 20.7. The van der Waals surface area contributed by atoms with Gasteiger partial charge in [0.25, 0.3) is 0 Å². The molecule has 1 fully saturated rings. The average molecular weight is 390 g/mol. The third-order valence-electron chi connectivity index (χ3n) is 4.77. The van der Waals surface area contributed by atoms with Crippen molar-refractivity contribution in [2.45, 2.75) is 38.7 Å². The lowest BCUT2D eigenvalue weighted by molar-refractivity contribution is -0.141. The van der Waals surface area contributed by atoms with E-state index in [-0.39, 0.29) is 36.8 Å². The summed E-state index contributed by atoms with van der Waals surface area (Å²) >= 11 is 0. The largest absolute Gasteiger partial charge is 0.461 e. The summed E-state index contributed by atoms with van der Waals surface area (Å²) in [5.74, 6) is -1.63. The van der Waals surface area contributed by atoms with Crippen LogP contribution in [0.25, 0.3) is 0 Å². The molecule has 2 rings (SSSR count). The molecule has 1 heterocycles. The molecule has 7 nitrogen and oxygen atoms in total. The fourth-order valence-electron chi connectivity index (χ4n) is 3.12. The molecule has 0 bridgehead atoms. The monoisotopic (exact) mass is 390 g/mol. The van der Waals surface area contributed by atoms with Gasteiger partial charge in [0.05, 0.1) is 12.2 Å². The molecule has 1 N–H and O–H groups in total. The minimum atomic E-state index is -0.645. The number of carbonyl (C=O) groups excluding carboxylic acids is 3. The zero-order valence-electron chi connectivity index (χ0n) is 16.1. The molecule has 0 amide bonds. The van der Waals surface area contributed by atoms with Crippen molar-refractivity contribution in [1.82, 2.24) is 0 Å². The summed E-state index contributed by atoms with van der Waals surface area (Å²) in [6.45, 7) is 8.40. The second kappa shape index (κ2) is 10.0. The molecule has 0 spiro atoms. The van der Waals surface area contributed by atoms with Gasteiger partial charge < -0.3 is 19.3 Å². The lowest BCUT2D eigenvalue weighted by Gasteiger charge is -2.20. The van der Waals surface area contributed by atoms with Crippen molar-refractivity contribution in [3.8, 4) is 0 Å². The zero-order valence-corrected chi connectivity index (χ0v) is 16.1. The Labute approximate surface area is 164 Å². The summed E-state index contributed by atoms with van der Waals surface area (Å²) in [5, 5.41) is 8.95. The topological polar surface area (TPSA) is 99.1 Å². The molecule has 0 radical (unpaired) electrons. The van der Waals surface area contributed by atoms with E-state index >= 15 is 0 Å². The van der Waals surface area contributed by atoms with Gasteiger partial charge in [0.15, 0.2) is 0 Å². The fourth-order valence-corrected chi connectivity index (χ4v) is 3.12. The van der Waals surface area contributed by atoms with Gasteiger partial charge in [-0.2, -0.15) is 0 Å². The van der Waals surface area contributed by atoms with E-state index in [0.717, 1.165) is 11.1 Å². The smallest absolute Gasteiger partial charge is 0.336 e. The molecule has 1 saturated heterocycles. The summed E-state index contributed by atoms with van der Waals surface area (Å²) < 4.78 is 15.8. The SMILES string of the molecule is C=C(CO)C(=O)OC/C1=C\C[C@@H]2C(=C)C(=O)O[C@H]2C/C(COC(C)=O)=C\CC1. The Morgan fingerprint density at radius 3 is 2.64 bits per heavy atom. The van der Waals surface area contributed by atoms with Gasteiger partial charge in [-0.05, 0) is 30.4 Å². The van der Waals surface area contributed by atoms with Crippen molar-refractivity contribution >= 4 is 17.9 Å².